The largest absolute Gasteiger partial charge is 0.482 e. The minimum absolute atomic E-state index is 0.0639. The van der Waals surface area contributed by atoms with Gasteiger partial charge in [0.1, 0.15) is 5.75 Å². The van der Waals surface area contributed by atoms with Crippen LogP contribution in [-0.4, -0.2) is 24.6 Å². The lowest BCUT2D eigenvalue weighted by Crippen LogP contribution is -2.32. The van der Waals surface area contributed by atoms with Crippen molar-refractivity contribution in [3.05, 3.63) is 29.8 Å². The van der Waals surface area contributed by atoms with Crippen molar-refractivity contribution in [1.29, 1.82) is 0 Å². The van der Waals surface area contributed by atoms with Gasteiger partial charge in [-0.3, -0.25) is 4.79 Å². The minimum atomic E-state index is -0.950. The molecule has 0 saturated carbocycles. The van der Waals surface area contributed by atoms with Gasteiger partial charge in [0.05, 0.1) is 0 Å². The Labute approximate surface area is 119 Å². The zero-order valence-electron chi connectivity index (χ0n) is 12.3. The molecule has 1 rings (SSSR count). The second-order valence-electron chi connectivity index (χ2n) is 5.60. The van der Waals surface area contributed by atoms with Crippen LogP contribution < -0.4 is 10.5 Å². The van der Waals surface area contributed by atoms with Crippen molar-refractivity contribution >= 4 is 11.9 Å². The molecular weight excluding hydrogens is 258 g/mol. The van der Waals surface area contributed by atoms with Gasteiger partial charge < -0.3 is 15.2 Å². The number of ether oxygens (including phenoxy) is 2. The molecule has 5 nitrogen and oxygen atoms in total. The molecule has 1 atom stereocenters. The number of rotatable bonds is 5. The smallest absolute Gasteiger partial charge is 0.344 e. The van der Waals surface area contributed by atoms with Crippen LogP contribution in [0.2, 0.25) is 0 Å². The Kier molecular flexibility index (Phi) is 5.13. The third-order valence-corrected chi connectivity index (χ3v) is 2.79. The number of nitrogens with two attached hydrogens (primary N) is 1. The molecule has 0 bridgehead atoms. The van der Waals surface area contributed by atoms with Gasteiger partial charge >= 0.3 is 5.97 Å². The lowest BCUT2D eigenvalue weighted by molar-refractivity contribution is -0.155. The van der Waals surface area contributed by atoms with Crippen LogP contribution in [0.5, 0.6) is 5.75 Å². The molecule has 1 aromatic rings. The van der Waals surface area contributed by atoms with Crippen molar-refractivity contribution in [2.24, 2.45) is 5.73 Å². The van der Waals surface area contributed by atoms with E-state index in [0.717, 1.165) is 0 Å². The van der Waals surface area contributed by atoms with Gasteiger partial charge in [0.2, 0.25) is 0 Å². The Bertz CT molecular complexity index is 474. The Morgan fingerprint density at radius 3 is 2.20 bits per heavy atom. The zero-order chi connectivity index (χ0) is 15.3. The number of primary amides is 1. The van der Waals surface area contributed by atoms with E-state index in [4.69, 9.17) is 15.2 Å². The third kappa shape index (κ3) is 4.91. The van der Waals surface area contributed by atoms with E-state index in [1.165, 1.54) is 12.5 Å². The Morgan fingerprint density at radius 2 is 1.75 bits per heavy atom. The maximum Gasteiger partial charge on any atom is 0.344 e. The standard InChI is InChI=1S/C15H21NO4/c1-10(14(16)18)20-13(17)9-19-12-7-5-11(6-8-12)15(2,3)4/h5-8,10H,9H2,1-4H3,(H2,16,18)/t10-/m0/s1. The summed E-state index contributed by atoms with van der Waals surface area (Å²) < 4.78 is 10.1. The topological polar surface area (TPSA) is 78.6 Å². The Hall–Kier alpha value is -2.04. The van der Waals surface area contributed by atoms with Crippen LogP contribution in [0.15, 0.2) is 24.3 Å². The van der Waals surface area contributed by atoms with Crippen LogP contribution in [-0.2, 0) is 19.7 Å². The summed E-state index contributed by atoms with van der Waals surface area (Å²) in [5.41, 5.74) is 6.23. The first kappa shape index (κ1) is 16.0. The first-order valence-corrected chi connectivity index (χ1v) is 6.42. The van der Waals surface area contributed by atoms with Crippen LogP contribution in [0.4, 0.5) is 0 Å². The van der Waals surface area contributed by atoms with Gasteiger partial charge in [0.25, 0.3) is 5.91 Å². The van der Waals surface area contributed by atoms with Gasteiger partial charge in [-0.15, -0.1) is 0 Å². The van der Waals surface area contributed by atoms with Gasteiger partial charge in [-0.1, -0.05) is 32.9 Å². The molecule has 2 N–H and O–H groups in total. The predicted molar refractivity (Wildman–Crippen MR) is 75.4 cm³/mol. The summed E-state index contributed by atoms with van der Waals surface area (Å²) in [7, 11) is 0. The highest BCUT2D eigenvalue weighted by molar-refractivity contribution is 5.82. The van der Waals surface area contributed by atoms with Crippen molar-refractivity contribution in [3.8, 4) is 5.75 Å². The van der Waals surface area contributed by atoms with E-state index in [9.17, 15) is 9.59 Å². The molecule has 110 valence electrons. The fourth-order valence-corrected chi connectivity index (χ4v) is 1.48. The summed E-state index contributed by atoms with van der Waals surface area (Å²) in [4.78, 5) is 22.1. The molecule has 0 aliphatic rings. The lowest BCUT2D eigenvalue weighted by Gasteiger charge is -2.19. The number of amides is 1. The summed E-state index contributed by atoms with van der Waals surface area (Å²) in [6, 6.07) is 7.50. The number of carbonyl (C=O) groups is 2. The first-order chi connectivity index (χ1) is 9.20. The predicted octanol–water partition coefficient (Wildman–Crippen LogP) is 1.78. The molecule has 0 saturated heterocycles. The third-order valence-electron chi connectivity index (χ3n) is 2.79. The average molecular weight is 279 g/mol. The molecule has 0 aliphatic carbocycles. The SMILES string of the molecule is C[C@H](OC(=O)COc1ccc(C(C)(C)C)cc1)C(N)=O. The molecule has 0 spiro atoms. The molecule has 1 aromatic carbocycles. The lowest BCUT2D eigenvalue weighted by atomic mass is 9.87. The van der Waals surface area contributed by atoms with E-state index < -0.39 is 18.0 Å². The summed E-state index contributed by atoms with van der Waals surface area (Å²) in [6.45, 7) is 7.51. The van der Waals surface area contributed by atoms with E-state index in [-0.39, 0.29) is 12.0 Å². The van der Waals surface area contributed by atoms with Crippen molar-refractivity contribution in [3.63, 3.8) is 0 Å². The summed E-state index contributed by atoms with van der Waals surface area (Å²) >= 11 is 0. The van der Waals surface area contributed by atoms with E-state index in [1.807, 2.05) is 12.1 Å². The summed E-state index contributed by atoms with van der Waals surface area (Å²) in [6.07, 6.45) is -0.950. The van der Waals surface area contributed by atoms with Gasteiger partial charge in [-0.25, -0.2) is 4.79 Å². The molecular formula is C15H21NO4. The highest BCUT2D eigenvalue weighted by atomic mass is 16.6. The molecule has 1 amide bonds. The maximum absolute atomic E-state index is 11.4. The molecule has 0 heterocycles. The number of hydrogen-bond acceptors (Lipinski definition) is 4. The van der Waals surface area contributed by atoms with Gasteiger partial charge in [0, 0.05) is 0 Å². The fourth-order valence-electron chi connectivity index (χ4n) is 1.48. The van der Waals surface area contributed by atoms with Crippen molar-refractivity contribution < 1.29 is 19.1 Å². The molecule has 20 heavy (non-hydrogen) atoms. The van der Waals surface area contributed by atoms with Crippen LogP contribution in [0.3, 0.4) is 0 Å². The van der Waals surface area contributed by atoms with Crippen molar-refractivity contribution in [1.82, 2.24) is 0 Å². The highest BCUT2D eigenvalue weighted by Gasteiger charge is 2.15. The number of esters is 1. The minimum Gasteiger partial charge on any atom is -0.482 e. The summed E-state index contributed by atoms with van der Waals surface area (Å²) in [5.74, 6) is -0.745. The monoisotopic (exact) mass is 279 g/mol. The van der Waals surface area contributed by atoms with Crippen molar-refractivity contribution in [2.45, 2.75) is 39.2 Å². The van der Waals surface area contributed by atoms with Gasteiger partial charge in [0.15, 0.2) is 12.7 Å². The molecule has 0 fully saturated rings. The van der Waals surface area contributed by atoms with Gasteiger partial charge in [-0.2, -0.15) is 0 Å². The van der Waals surface area contributed by atoms with Crippen LogP contribution in [0, 0.1) is 0 Å². The van der Waals surface area contributed by atoms with E-state index in [0.29, 0.717) is 5.75 Å². The molecule has 0 unspecified atom stereocenters. The van der Waals surface area contributed by atoms with E-state index >= 15 is 0 Å². The van der Waals surface area contributed by atoms with Crippen LogP contribution in [0.25, 0.3) is 0 Å². The highest BCUT2D eigenvalue weighted by Crippen LogP contribution is 2.24. The van der Waals surface area contributed by atoms with Gasteiger partial charge in [-0.05, 0) is 30.0 Å². The van der Waals surface area contributed by atoms with E-state index in [2.05, 4.69) is 20.8 Å². The Morgan fingerprint density at radius 1 is 1.20 bits per heavy atom. The quantitative estimate of drug-likeness (QED) is 0.833. The number of hydrogen-bond donors (Lipinski definition) is 1. The molecule has 0 aromatic heterocycles. The second-order valence-corrected chi connectivity index (χ2v) is 5.60. The molecule has 5 heteroatoms. The fraction of sp³-hybridized carbons (Fsp3) is 0.467. The maximum atomic E-state index is 11.4. The number of benzene rings is 1. The first-order valence-electron chi connectivity index (χ1n) is 6.42. The zero-order valence-corrected chi connectivity index (χ0v) is 12.3. The second kappa shape index (κ2) is 6.41. The average Bonchev–Trinajstić information content (AvgIpc) is 2.35. The summed E-state index contributed by atoms with van der Waals surface area (Å²) in [5, 5.41) is 0. The molecule has 0 radical (unpaired) electrons. The number of carbonyl (C=O) groups excluding carboxylic acids is 2. The van der Waals surface area contributed by atoms with Crippen LogP contribution >= 0.6 is 0 Å². The molecule has 0 aliphatic heterocycles. The van der Waals surface area contributed by atoms with Crippen LogP contribution in [0.1, 0.15) is 33.3 Å². The van der Waals surface area contributed by atoms with E-state index in [1.54, 1.807) is 12.1 Å². The Balaban J connectivity index is 2.50. The normalized spacial score (nSPS) is 12.6. The van der Waals surface area contributed by atoms with Crippen molar-refractivity contribution in [2.75, 3.05) is 6.61 Å².